The summed E-state index contributed by atoms with van der Waals surface area (Å²) in [6.45, 7) is 4.82. The number of ketones is 1. The van der Waals surface area contributed by atoms with Gasteiger partial charge in [0.25, 0.3) is 0 Å². The second kappa shape index (κ2) is 9.69. The summed E-state index contributed by atoms with van der Waals surface area (Å²) in [6, 6.07) is 12.6. The third-order valence-corrected chi connectivity index (χ3v) is 4.89. The highest BCUT2D eigenvalue weighted by molar-refractivity contribution is 5.98. The summed E-state index contributed by atoms with van der Waals surface area (Å²) in [5.41, 5.74) is 1.12. The maximum absolute atomic E-state index is 12.5. The molecule has 2 heterocycles. The van der Waals surface area contributed by atoms with Gasteiger partial charge in [0, 0.05) is 50.8 Å². The van der Waals surface area contributed by atoms with Crippen molar-refractivity contribution in [3.8, 4) is 11.8 Å². The Kier molecular flexibility index (Phi) is 6.80. The molecule has 7 nitrogen and oxygen atoms in total. The molecular weight excluding hydrogens is 368 g/mol. The SMILES string of the molecule is CCOc1ccc(C(=O)CCC(=O)N2CCN(c3ncccc3C#N)CC2)cc1. The van der Waals surface area contributed by atoms with Crippen LogP contribution in [0.2, 0.25) is 0 Å². The number of Topliss-reactive ketones (excluding diaryl/α,β-unsaturated/α-hetero) is 1. The molecule has 0 atom stereocenters. The van der Waals surface area contributed by atoms with Crippen LogP contribution in [-0.4, -0.2) is 54.4 Å². The Balaban J connectivity index is 1.48. The quantitative estimate of drug-likeness (QED) is 0.674. The molecule has 0 saturated carbocycles. The van der Waals surface area contributed by atoms with E-state index in [4.69, 9.17) is 4.74 Å². The van der Waals surface area contributed by atoms with Gasteiger partial charge in [0.15, 0.2) is 5.78 Å². The molecule has 1 aromatic carbocycles. The molecule has 1 fully saturated rings. The van der Waals surface area contributed by atoms with Gasteiger partial charge in [-0.25, -0.2) is 4.98 Å². The van der Waals surface area contributed by atoms with E-state index in [2.05, 4.69) is 11.1 Å². The largest absolute Gasteiger partial charge is 0.494 e. The third kappa shape index (κ3) is 5.11. The van der Waals surface area contributed by atoms with Crippen LogP contribution >= 0.6 is 0 Å². The highest BCUT2D eigenvalue weighted by Crippen LogP contribution is 2.19. The van der Waals surface area contributed by atoms with E-state index in [1.165, 1.54) is 0 Å². The molecule has 2 aromatic rings. The first-order valence-electron chi connectivity index (χ1n) is 9.76. The van der Waals surface area contributed by atoms with Crippen molar-refractivity contribution in [2.45, 2.75) is 19.8 Å². The highest BCUT2D eigenvalue weighted by Gasteiger charge is 2.23. The molecular formula is C22H24N4O3. The molecule has 3 rings (SSSR count). The third-order valence-electron chi connectivity index (χ3n) is 4.89. The van der Waals surface area contributed by atoms with Crippen LogP contribution in [0, 0.1) is 11.3 Å². The Morgan fingerprint density at radius 3 is 2.48 bits per heavy atom. The molecule has 7 heteroatoms. The summed E-state index contributed by atoms with van der Waals surface area (Å²) in [6.07, 6.45) is 2.05. The number of hydrogen-bond acceptors (Lipinski definition) is 6. The number of pyridine rings is 1. The van der Waals surface area contributed by atoms with Crippen LogP contribution in [0.3, 0.4) is 0 Å². The van der Waals surface area contributed by atoms with E-state index in [-0.39, 0.29) is 24.5 Å². The first kappa shape index (κ1) is 20.3. The number of carbonyl (C=O) groups is 2. The topological polar surface area (TPSA) is 86.5 Å². The van der Waals surface area contributed by atoms with Crippen LogP contribution in [0.15, 0.2) is 42.6 Å². The second-order valence-electron chi connectivity index (χ2n) is 6.73. The average molecular weight is 392 g/mol. The lowest BCUT2D eigenvalue weighted by Gasteiger charge is -2.35. The Hall–Kier alpha value is -3.40. The standard InChI is InChI=1S/C22H24N4O3/c1-2-29-19-7-5-17(6-8-19)20(27)9-10-21(28)25-12-14-26(15-13-25)22-18(16-23)4-3-11-24-22/h3-8,11H,2,9-10,12-15H2,1H3. The lowest BCUT2D eigenvalue weighted by Crippen LogP contribution is -2.49. The molecule has 1 aliphatic rings. The van der Waals surface area contributed by atoms with E-state index in [1.54, 1.807) is 47.5 Å². The molecule has 1 aliphatic heterocycles. The zero-order valence-corrected chi connectivity index (χ0v) is 16.5. The molecule has 1 amide bonds. The molecule has 0 spiro atoms. The van der Waals surface area contributed by atoms with E-state index >= 15 is 0 Å². The highest BCUT2D eigenvalue weighted by atomic mass is 16.5. The predicted octanol–water partition coefficient (Wildman–Crippen LogP) is 2.66. The van der Waals surface area contributed by atoms with Gasteiger partial charge in [-0.2, -0.15) is 5.26 Å². The molecule has 150 valence electrons. The molecule has 29 heavy (non-hydrogen) atoms. The van der Waals surface area contributed by atoms with Gasteiger partial charge in [-0.05, 0) is 43.3 Å². The van der Waals surface area contributed by atoms with Crippen molar-refractivity contribution in [1.29, 1.82) is 5.26 Å². The van der Waals surface area contributed by atoms with E-state index in [1.807, 2.05) is 11.8 Å². The van der Waals surface area contributed by atoms with Crippen LogP contribution in [0.25, 0.3) is 0 Å². The number of anilines is 1. The van der Waals surface area contributed by atoms with Crippen LogP contribution in [0.1, 0.15) is 35.7 Å². The van der Waals surface area contributed by atoms with Crippen molar-refractivity contribution in [3.63, 3.8) is 0 Å². The minimum Gasteiger partial charge on any atom is -0.494 e. The minimum atomic E-state index is -0.0489. The number of ether oxygens (including phenoxy) is 1. The van der Waals surface area contributed by atoms with Gasteiger partial charge >= 0.3 is 0 Å². The number of amides is 1. The Morgan fingerprint density at radius 2 is 1.83 bits per heavy atom. The molecule has 0 radical (unpaired) electrons. The minimum absolute atomic E-state index is 0.0227. The first-order valence-corrected chi connectivity index (χ1v) is 9.76. The van der Waals surface area contributed by atoms with E-state index in [9.17, 15) is 14.9 Å². The van der Waals surface area contributed by atoms with Crippen LogP contribution < -0.4 is 9.64 Å². The normalized spacial score (nSPS) is 13.7. The summed E-state index contributed by atoms with van der Waals surface area (Å²) in [7, 11) is 0. The van der Waals surface area contributed by atoms with Crippen molar-refractivity contribution >= 4 is 17.5 Å². The van der Waals surface area contributed by atoms with Crippen molar-refractivity contribution in [3.05, 3.63) is 53.7 Å². The van der Waals surface area contributed by atoms with Crippen LogP contribution in [0.4, 0.5) is 5.82 Å². The summed E-state index contributed by atoms with van der Waals surface area (Å²) >= 11 is 0. The molecule has 0 aliphatic carbocycles. The number of nitriles is 1. The molecule has 0 unspecified atom stereocenters. The van der Waals surface area contributed by atoms with Gasteiger partial charge in [-0.1, -0.05) is 0 Å². The van der Waals surface area contributed by atoms with E-state index < -0.39 is 0 Å². The lowest BCUT2D eigenvalue weighted by atomic mass is 10.1. The number of benzene rings is 1. The Labute approximate surface area is 170 Å². The smallest absolute Gasteiger partial charge is 0.223 e. The van der Waals surface area contributed by atoms with Gasteiger partial charge in [0.2, 0.25) is 5.91 Å². The zero-order chi connectivity index (χ0) is 20.6. The molecule has 0 bridgehead atoms. The van der Waals surface area contributed by atoms with Gasteiger partial charge < -0.3 is 14.5 Å². The second-order valence-corrected chi connectivity index (χ2v) is 6.73. The summed E-state index contributed by atoms with van der Waals surface area (Å²) < 4.78 is 5.37. The number of hydrogen-bond donors (Lipinski definition) is 0. The fraction of sp³-hybridized carbons (Fsp3) is 0.364. The number of piperazine rings is 1. The predicted molar refractivity (Wildman–Crippen MR) is 109 cm³/mol. The van der Waals surface area contributed by atoms with Crippen molar-refractivity contribution in [2.24, 2.45) is 0 Å². The summed E-state index contributed by atoms with van der Waals surface area (Å²) in [5.74, 6) is 1.32. The molecule has 1 aromatic heterocycles. The Bertz CT molecular complexity index is 897. The van der Waals surface area contributed by atoms with E-state index in [0.717, 1.165) is 5.75 Å². The van der Waals surface area contributed by atoms with Crippen molar-refractivity contribution in [1.82, 2.24) is 9.88 Å². The van der Waals surface area contributed by atoms with Gasteiger partial charge in [-0.3, -0.25) is 9.59 Å². The number of rotatable bonds is 7. The van der Waals surface area contributed by atoms with Gasteiger partial charge in [0.05, 0.1) is 12.2 Å². The summed E-state index contributed by atoms with van der Waals surface area (Å²) in [4.78, 5) is 33.0. The van der Waals surface area contributed by atoms with Gasteiger partial charge in [-0.15, -0.1) is 0 Å². The zero-order valence-electron chi connectivity index (χ0n) is 16.5. The number of nitrogens with zero attached hydrogens (tertiary/aromatic N) is 4. The van der Waals surface area contributed by atoms with Crippen LogP contribution in [0.5, 0.6) is 5.75 Å². The lowest BCUT2D eigenvalue weighted by molar-refractivity contribution is -0.131. The van der Waals surface area contributed by atoms with Crippen molar-refractivity contribution < 1.29 is 14.3 Å². The fourth-order valence-corrected chi connectivity index (χ4v) is 3.33. The maximum Gasteiger partial charge on any atom is 0.223 e. The van der Waals surface area contributed by atoms with Crippen molar-refractivity contribution in [2.75, 3.05) is 37.7 Å². The fourth-order valence-electron chi connectivity index (χ4n) is 3.33. The number of carbonyl (C=O) groups excluding carboxylic acids is 2. The Morgan fingerprint density at radius 1 is 1.10 bits per heavy atom. The molecule has 0 N–H and O–H groups in total. The van der Waals surface area contributed by atoms with Crippen LogP contribution in [-0.2, 0) is 4.79 Å². The average Bonchev–Trinajstić information content (AvgIpc) is 2.78. The first-order chi connectivity index (χ1) is 14.1. The van der Waals surface area contributed by atoms with E-state index in [0.29, 0.717) is 49.7 Å². The monoisotopic (exact) mass is 392 g/mol. The summed E-state index contributed by atoms with van der Waals surface area (Å²) in [5, 5.41) is 9.23. The molecule has 1 saturated heterocycles. The van der Waals surface area contributed by atoms with Gasteiger partial charge in [0.1, 0.15) is 17.6 Å². The maximum atomic E-state index is 12.5. The number of aromatic nitrogens is 1.